The molecule has 22 heavy (non-hydrogen) atoms. The molecule has 1 amide bonds. The third-order valence-corrected chi connectivity index (χ3v) is 3.62. The van der Waals surface area contributed by atoms with E-state index >= 15 is 0 Å². The van der Waals surface area contributed by atoms with Crippen molar-refractivity contribution >= 4 is 6.09 Å². The van der Waals surface area contributed by atoms with Crippen LogP contribution in [-0.2, 0) is 16.1 Å². The van der Waals surface area contributed by atoms with Gasteiger partial charge in [-0.1, -0.05) is 30.3 Å². The van der Waals surface area contributed by atoms with Crippen LogP contribution in [0.1, 0.15) is 25.3 Å². The molecule has 0 spiro atoms. The van der Waals surface area contributed by atoms with Gasteiger partial charge in [0.05, 0.1) is 6.61 Å². The van der Waals surface area contributed by atoms with Gasteiger partial charge in [-0.2, -0.15) is 0 Å². The van der Waals surface area contributed by atoms with Gasteiger partial charge in [0.15, 0.2) is 0 Å². The van der Waals surface area contributed by atoms with E-state index in [1.807, 2.05) is 37.3 Å². The van der Waals surface area contributed by atoms with Crippen molar-refractivity contribution in [1.29, 1.82) is 0 Å². The van der Waals surface area contributed by atoms with Crippen molar-refractivity contribution in [2.45, 2.75) is 32.4 Å². The number of hydrogen-bond acceptors (Lipinski definition) is 4. The van der Waals surface area contributed by atoms with Crippen LogP contribution >= 0.6 is 0 Å². The molecule has 0 aliphatic heterocycles. The van der Waals surface area contributed by atoms with Crippen LogP contribution in [0.4, 0.5) is 4.79 Å². The number of amides is 1. The van der Waals surface area contributed by atoms with Crippen molar-refractivity contribution < 1.29 is 14.3 Å². The highest BCUT2D eigenvalue weighted by molar-refractivity contribution is 5.67. The predicted molar refractivity (Wildman–Crippen MR) is 85.6 cm³/mol. The zero-order valence-corrected chi connectivity index (χ0v) is 13.2. The Morgan fingerprint density at radius 2 is 2.09 bits per heavy atom. The Morgan fingerprint density at radius 3 is 2.77 bits per heavy atom. The monoisotopic (exact) mass is 306 g/mol. The Kier molecular flexibility index (Phi) is 7.19. The first-order valence-corrected chi connectivity index (χ1v) is 8.03. The van der Waals surface area contributed by atoms with Gasteiger partial charge in [-0.3, -0.25) is 0 Å². The van der Waals surface area contributed by atoms with Gasteiger partial charge in [-0.05, 0) is 37.8 Å². The molecule has 0 unspecified atom stereocenters. The predicted octanol–water partition coefficient (Wildman–Crippen LogP) is 2.32. The topological polar surface area (TPSA) is 59.6 Å². The Hall–Kier alpha value is -1.59. The summed E-state index contributed by atoms with van der Waals surface area (Å²) in [4.78, 5) is 11.7. The average Bonchev–Trinajstić information content (AvgIpc) is 3.37. The summed E-state index contributed by atoms with van der Waals surface area (Å²) in [5.74, 6) is 0.800. The molecule has 2 N–H and O–H groups in total. The van der Waals surface area contributed by atoms with E-state index in [1.165, 1.54) is 12.8 Å². The summed E-state index contributed by atoms with van der Waals surface area (Å²) in [6, 6.07) is 9.79. The van der Waals surface area contributed by atoms with Gasteiger partial charge in [0.2, 0.25) is 0 Å². The first-order valence-electron chi connectivity index (χ1n) is 8.03. The molecule has 5 nitrogen and oxygen atoms in total. The van der Waals surface area contributed by atoms with Crippen molar-refractivity contribution in [3.05, 3.63) is 35.9 Å². The van der Waals surface area contributed by atoms with E-state index < -0.39 is 6.09 Å². The van der Waals surface area contributed by atoms with Crippen LogP contribution in [-0.4, -0.2) is 38.4 Å². The van der Waals surface area contributed by atoms with Gasteiger partial charge >= 0.3 is 6.09 Å². The first-order chi connectivity index (χ1) is 10.8. The second-order valence-corrected chi connectivity index (χ2v) is 5.65. The second kappa shape index (κ2) is 9.43. The molecule has 1 aromatic rings. The lowest BCUT2D eigenvalue weighted by Gasteiger charge is -2.19. The summed E-state index contributed by atoms with van der Waals surface area (Å²) in [6.45, 7) is 5.05. The zero-order chi connectivity index (χ0) is 15.6. The van der Waals surface area contributed by atoms with Gasteiger partial charge in [-0.15, -0.1) is 0 Å². The second-order valence-electron chi connectivity index (χ2n) is 5.65. The van der Waals surface area contributed by atoms with Crippen molar-refractivity contribution in [2.75, 3.05) is 26.3 Å². The molecule has 5 heteroatoms. The maximum absolute atomic E-state index is 11.7. The molecule has 1 aliphatic carbocycles. The minimum atomic E-state index is -0.390. The van der Waals surface area contributed by atoms with E-state index in [1.54, 1.807) is 0 Å². The van der Waals surface area contributed by atoms with Crippen LogP contribution in [0.2, 0.25) is 0 Å². The largest absolute Gasteiger partial charge is 0.445 e. The Bertz CT molecular complexity index is 435. The zero-order valence-electron chi connectivity index (χ0n) is 13.2. The number of alkyl carbamates (subject to hydrolysis) is 1. The van der Waals surface area contributed by atoms with Gasteiger partial charge in [0, 0.05) is 19.2 Å². The fourth-order valence-corrected chi connectivity index (χ4v) is 2.09. The smallest absolute Gasteiger partial charge is 0.407 e. The molecule has 0 bridgehead atoms. The van der Waals surface area contributed by atoms with Gasteiger partial charge in [-0.25, -0.2) is 4.79 Å². The first kappa shape index (κ1) is 16.8. The lowest BCUT2D eigenvalue weighted by Crippen LogP contribution is -2.44. The van der Waals surface area contributed by atoms with Crippen LogP contribution in [0.25, 0.3) is 0 Å². The fraction of sp³-hybridized carbons (Fsp3) is 0.588. The van der Waals surface area contributed by atoms with Crippen molar-refractivity contribution in [3.8, 4) is 0 Å². The average molecular weight is 306 g/mol. The highest BCUT2D eigenvalue weighted by Crippen LogP contribution is 2.27. The highest BCUT2D eigenvalue weighted by atomic mass is 16.5. The summed E-state index contributed by atoms with van der Waals surface area (Å²) < 4.78 is 10.7. The lowest BCUT2D eigenvalue weighted by molar-refractivity contribution is 0.115. The molecular weight excluding hydrogens is 280 g/mol. The third-order valence-electron chi connectivity index (χ3n) is 3.62. The maximum atomic E-state index is 11.7. The lowest BCUT2D eigenvalue weighted by atomic mass is 10.2. The molecule has 1 aromatic carbocycles. The van der Waals surface area contributed by atoms with E-state index in [9.17, 15) is 4.79 Å². The maximum Gasteiger partial charge on any atom is 0.407 e. The summed E-state index contributed by atoms with van der Waals surface area (Å²) >= 11 is 0. The van der Waals surface area contributed by atoms with Gasteiger partial charge < -0.3 is 20.1 Å². The van der Waals surface area contributed by atoms with Crippen LogP contribution in [0, 0.1) is 5.92 Å². The molecule has 1 atom stereocenters. The molecule has 0 heterocycles. The number of rotatable bonds is 10. The molecule has 1 aliphatic rings. The minimum Gasteiger partial charge on any atom is -0.445 e. The summed E-state index contributed by atoms with van der Waals surface area (Å²) in [6.07, 6.45) is 2.22. The molecule has 0 aromatic heterocycles. The van der Waals surface area contributed by atoms with Crippen LogP contribution in [0.3, 0.4) is 0 Å². The third kappa shape index (κ3) is 6.91. The van der Waals surface area contributed by atoms with Gasteiger partial charge in [0.25, 0.3) is 0 Å². The molecular formula is C17H26N2O3. The van der Waals surface area contributed by atoms with E-state index in [4.69, 9.17) is 9.47 Å². The number of benzene rings is 1. The van der Waals surface area contributed by atoms with Crippen LogP contribution in [0.15, 0.2) is 30.3 Å². The Balaban J connectivity index is 1.64. The molecule has 0 saturated heterocycles. The van der Waals surface area contributed by atoms with Crippen molar-refractivity contribution in [1.82, 2.24) is 10.6 Å². The molecule has 1 saturated carbocycles. The van der Waals surface area contributed by atoms with E-state index in [0.29, 0.717) is 19.8 Å². The van der Waals surface area contributed by atoms with E-state index in [2.05, 4.69) is 10.6 Å². The van der Waals surface area contributed by atoms with E-state index in [-0.39, 0.29) is 12.6 Å². The van der Waals surface area contributed by atoms with E-state index in [0.717, 1.165) is 18.0 Å². The normalized spacial score (nSPS) is 15.3. The van der Waals surface area contributed by atoms with Crippen molar-refractivity contribution in [2.24, 2.45) is 5.92 Å². The molecule has 2 rings (SSSR count). The molecule has 0 radical (unpaired) electrons. The molecule has 1 fully saturated rings. The number of carbonyl (C=O) groups excluding carboxylic acids is 1. The quantitative estimate of drug-likeness (QED) is 0.696. The van der Waals surface area contributed by atoms with Crippen LogP contribution < -0.4 is 10.6 Å². The highest BCUT2D eigenvalue weighted by Gasteiger charge is 2.22. The number of nitrogens with one attached hydrogen (secondary N) is 2. The van der Waals surface area contributed by atoms with Gasteiger partial charge in [0.1, 0.15) is 6.61 Å². The SMILES string of the molecule is CCOC[C@H](CNC(=O)OCc1ccccc1)NCC1CC1. The van der Waals surface area contributed by atoms with Crippen molar-refractivity contribution in [3.63, 3.8) is 0 Å². The summed E-state index contributed by atoms with van der Waals surface area (Å²) in [7, 11) is 0. The standard InChI is InChI=1S/C17H26N2O3/c1-2-21-13-16(18-10-14-8-9-14)11-19-17(20)22-12-15-6-4-3-5-7-15/h3-7,14,16,18H,2,8-13H2,1H3,(H,19,20)/t16-/m0/s1. The Morgan fingerprint density at radius 1 is 1.32 bits per heavy atom. The summed E-state index contributed by atoms with van der Waals surface area (Å²) in [5, 5.41) is 6.25. The summed E-state index contributed by atoms with van der Waals surface area (Å²) in [5.41, 5.74) is 0.982. The Labute approximate surface area is 132 Å². The molecule has 122 valence electrons. The fourth-order valence-electron chi connectivity index (χ4n) is 2.09. The minimum absolute atomic E-state index is 0.129. The van der Waals surface area contributed by atoms with Crippen LogP contribution in [0.5, 0.6) is 0 Å². The number of hydrogen-bond donors (Lipinski definition) is 2. The number of ether oxygens (including phenoxy) is 2. The number of carbonyl (C=O) groups is 1.